The maximum absolute atomic E-state index is 12.3. The topological polar surface area (TPSA) is 71.0 Å². The maximum atomic E-state index is 12.3. The first kappa shape index (κ1) is 19.2. The van der Waals surface area contributed by atoms with E-state index in [4.69, 9.17) is 4.74 Å². The lowest BCUT2D eigenvalue weighted by atomic mass is 10.2. The number of ether oxygens (including phenoxy) is 1. The van der Waals surface area contributed by atoms with Crippen molar-refractivity contribution >= 4 is 23.2 Å². The summed E-state index contributed by atoms with van der Waals surface area (Å²) in [6, 6.07) is 16.8. The molecule has 6 heteroatoms. The molecule has 26 heavy (non-hydrogen) atoms. The lowest BCUT2D eigenvalue weighted by Gasteiger charge is -2.17. The molecule has 0 atom stereocenters. The number of carbonyl (C=O) groups is 2. The van der Waals surface area contributed by atoms with Gasteiger partial charge in [0.05, 0.1) is 6.42 Å². The normalized spacial score (nSPS) is 11.0. The van der Waals surface area contributed by atoms with Gasteiger partial charge in [0.1, 0.15) is 5.75 Å². The Hall–Kier alpha value is -3.15. The number of amides is 2. The molecule has 2 aromatic carbocycles. The minimum atomic E-state index is -0.378. The van der Waals surface area contributed by atoms with Crippen LogP contribution in [0.25, 0.3) is 0 Å². The summed E-state index contributed by atoms with van der Waals surface area (Å²) in [6.45, 7) is 3.46. The number of aryl methyl sites for hydroxylation is 1. The number of hydrogen-bond donors (Lipinski definition) is 1. The monoisotopic (exact) mass is 353 g/mol. The van der Waals surface area contributed by atoms with Crippen LogP contribution in [0.3, 0.4) is 0 Å². The van der Waals surface area contributed by atoms with E-state index < -0.39 is 0 Å². The first-order valence-corrected chi connectivity index (χ1v) is 8.29. The average Bonchev–Trinajstić information content (AvgIpc) is 2.65. The molecule has 0 aliphatic carbocycles. The van der Waals surface area contributed by atoms with Gasteiger partial charge in [0.15, 0.2) is 6.61 Å². The second-order valence-electron chi connectivity index (χ2n) is 5.90. The molecule has 0 saturated heterocycles. The molecule has 0 radical (unpaired) electrons. The SMILES string of the molecule is C/C(CC(=O)N(C)c1ccccc1)=N\NC(=O)COc1ccccc1C. The molecule has 0 saturated carbocycles. The van der Waals surface area contributed by atoms with Crippen LogP contribution in [0.4, 0.5) is 5.69 Å². The third kappa shape index (κ3) is 5.73. The first-order valence-electron chi connectivity index (χ1n) is 8.29. The summed E-state index contributed by atoms with van der Waals surface area (Å²) in [7, 11) is 1.71. The molecular formula is C20H23N3O3. The van der Waals surface area contributed by atoms with Crippen LogP contribution >= 0.6 is 0 Å². The molecule has 0 heterocycles. The van der Waals surface area contributed by atoms with E-state index in [1.165, 1.54) is 0 Å². The molecular weight excluding hydrogens is 330 g/mol. The standard InChI is InChI=1S/C20H23N3O3/c1-15-9-7-8-12-18(15)26-14-19(24)22-21-16(2)13-20(25)23(3)17-10-5-4-6-11-17/h4-12H,13-14H2,1-3H3,(H,22,24)/b21-16+. The van der Waals surface area contributed by atoms with E-state index in [1.54, 1.807) is 24.9 Å². The summed E-state index contributed by atoms with van der Waals surface area (Å²) in [5, 5.41) is 3.96. The quantitative estimate of drug-likeness (QED) is 0.614. The fourth-order valence-electron chi connectivity index (χ4n) is 2.22. The van der Waals surface area contributed by atoms with E-state index in [9.17, 15) is 9.59 Å². The van der Waals surface area contributed by atoms with Gasteiger partial charge < -0.3 is 9.64 Å². The second-order valence-corrected chi connectivity index (χ2v) is 5.90. The summed E-state index contributed by atoms with van der Waals surface area (Å²) >= 11 is 0. The molecule has 6 nitrogen and oxygen atoms in total. The van der Waals surface area contributed by atoms with E-state index in [2.05, 4.69) is 10.5 Å². The third-order valence-electron chi connectivity index (χ3n) is 3.75. The molecule has 0 unspecified atom stereocenters. The number of hydrazone groups is 1. The zero-order valence-electron chi connectivity index (χ0n) is 15.2. The highest BCUT2D eigenvalue weighted by molar-refractivity contribution is 6.06. The third-order valence-corrected chi connectivity index (χ3v) is 3.75. The van der Waals surface area contributed by atoms with Crippen molar-refractivity contribution in [3.05, 3.63) is 60.2 Å². The zero-order chi connectivity index (χ0) is 18.9. The summed E-state index contributed by atoms with van der Waals surface area (Å²) in [4.78, 5) is 25.6. The number of carbonyl (C=O) groups excluding carboxylic acids is 2. The Morgan fingerprint density at radius 3 is 2.42 bits per heavy atom. The van der Waals surface area contributed by atoms with Gasteiger partial charge in [-0.1, -0.05) is 36.4 Å². The highest BCUT2D eigenvalue weighted by atomic mass is 16.5. The van der Waals surface area contributed by atoms with Crippen molar-refractivity contribution < 1.29 is 14.3 Å². The molecule has 2 amide bonds. The van der Waals surface area contributed by atoms with Crippen LogP contribution in [-0.2, 0) is 9.59 Å². The van der Waals surface area contributed by atoms with Crippen molar-refractivity contribution in [3.8, 4) is 5.75 Å². The van der Waals surface area contributed by atoms with Crippen molar-refractivity contribution in [1.29, 1.82) is 0 Å². The summed E-state index contributed by atoms with van der Waals surface area (Å²) in [6.07, 6.45) is 0.115. The average molecular weight is 353 g/mol. The predicted molar refractivity (Wildman–Crippen MR) is 102 cm³/mol. The Balaban J connectivity index is 1.81. The van der Waals surface area contributed by atoms with Crippen molar-refractivity contribution in [2.75, 3.05) is 18.6 Å². The van der Waals surface area contributed by atoms with Crippen molar-refractivity contribution in [2.45, 2.75) is 20.3 Å². The summed E-state index contributed by atoms with van der Waals surface area (Å²) in [5.74, 6) is 0.169. The fraction of sp³-hybridized carbons (Fsp3) is 0.250. The first-order chi connectivity index (χ1) is 12.5. The van der Waals surface area contributed by atoms with Crippen LogP contribution in [0, 0.1) is 6.92 Å². The van der Waals surface area contributed by atoms with Gasteiger partial charge >= 0.3 is 0 Å². The number of nitrogens with zero attached hydrogens (tertiary/aromatic N) is 2. The molecule has 136 valence electrons. The number of rotatable bonds is 7. The summed E-state index contributed by atoms with van der Waals surface area (Å²) in [5.41, 5.74) is 4.68. The van der Waals surface area contributed by atoms with Gasteiger partial charge in [-0.25, -0.2) is 5.43 Å². The van der Waals surface area contributed by atoms with Gasteiger partial charge in [-0.05, 0) is 37.6 Å². The predicted octanol–water partition coefficient (Wildman–Crippen LogP) is 2.92. The Kier molecular flexibility index (Phi) is 6.91. The van der Waals surface area contributed by atoms with Gasteiger partial charge in [-0.3, -0.25) is 9.59 Å². The highest BCUT2D eigenvalue weighted by Crippen LogP contribution is 2.15. The lowest BCUT2D eigenvalue weighted by Crippen LogP contribution is -2.29. The Bertz CT molecular complexity index is 788. The molecule has 2 rings (SSSR count). The number of hydrogen-bond acceptors (Lipinski definition) is 4. The Morgan fingerprint density at radius 1 is 1.08 bits per heavy atom. The van der Waals surface area contributed by atoms with Crippen LogP contribution in [0.2, 0.25) is 0 Å². The fourth-order valence-corrected chi connectivity index (χ4v) is 2.22. The Morgan fingerprint density at radius 2 is 1.73 bits per heavy atom. The van der Waals surface area contributed by atoms with Crippen LogP contribution in [-0.4, -0.2) is 31.2 Å². The van der Waals surface area contributed by atoms with E-state index in [-0.39, 0.29) is 24.8 Å². The van der Waals surface area contributed by atoms with E-state index in [0.717, 1.165) is 11.3 Å². The number of para-hydroxylation sites is 2. The molecule has 0 aromatic heterocycles. The minimum absolute atomic E-state index is 0.108. The molecule has 0 aliphatic rings. The van der Waals surface area contributed by atoms with E-state index in [0.29, 0.717) is 11.5 Å². The number of anilines is 1. The lowest BCUT2D eigenvalue weighted by molar-refractivity contribution is -0.123. The van der Waals surface area contributed by atoms with Crippen molar-refractivity contribution in [2.24, 2.45) is 5.10 Å². The van der Waals surface area contributed by atoms with Gasteiger partial charge in [-0.15, -0.1) is 0 Å². The van der Waals surface area contributed by atoms with E-state index >= 15 is 0 Å². The van der Waals surface area contributed by atoms with Gasteiger partial charge in [-0.2, -0.15) is 5.10 Å². The molecule has 2 aromatic rings. The van der Waals surface area contributed by atoms with Gasteiger partial charge in [0.25, 0.3) is 5.91 Å². The van der Waals surface area contributed by atoms with Crippen LogP contribution < -0.4 is 15.1 Å². The number of benzene rings is 2. The van der Waals surface area contributed by atoms with E-state index in [1.807, 2.05) is 55.5 Å². The maximum Gasteiger partial charge on any atom is 0.277 e. The molecule has 1 N–H and O–H groups in total. The highest BCUT2D eigenvalue weighted by Gasteiger charge is 2.12. The second kappa shape index (κ2) is 9.36. The smallest absolute Gasteiger partial charge is 0.277 e. The van der Waals surface area contributed by atoms with Crippen LogP contribution in [0.5, 0.6) is 5.75 Å². The van der Waals surface area contributed by atoms with Crippen molar-refractivity contribution in [1.82, 2.24) is 5.43 Å². The number of nitrogens with one attached hydrogen (secondary N) is 1. The Labute approximate surface area is 153 Å². The van der Waals surface area contributed by atoms with Crippen LogP contribution in [0.1, 0.15) is 18.9 Å². The van der Waals surface area contributed by atoms with Gasteiger partial charge in [0.2, 0.25) is 5.91 Å². The van der Waals surface area contributed by atoms with Gasteiger partial charge in [0, 0.05) is 18.4 Å². The summed E-state index contributed by atoms with van der Waals surface area (Å²) < 4.78 is 5.45. The minimum Gasteiger partial charge on any atom is -0.483 e. The largest absolute Gasteiger partial charge is 0.483 e. The molecule has 0 aliphatic heterocycles. The molecule has 0 spiro atoms. The zero-order valence-corrected chi connectivity index (χ0v) is 15.2. The van der Waals surface area contributed by atoms with Crippen LogP contribution in [0.15, 0.2) is 59.7 Å². The molecule has 0 fully saturated rings. The molecule has 0 bridgehead atoms. The van der Waals surface area contributed by atoms with Crippen molar-refractivity contribution in [3.63, 3.8) is 0 Å².